The van der Waals surface area contributed by atoms with Crippen molar-refractivity contribution >= 4 is 5.97 Å². The van der Waals surface area contributed by atoms with Crippen molar-refractivity contribution in [3.05, 3.63) is 36.9 Å². The summed E-state index contributed by atoms with van der Waals surface area (Å²) in [4.78, 5) is 10.7. The van der Waals surface area contributed by atoms with Gasteiger partial charge in [-0.2, -0.15) is 0 Å². The average molecular weight is 310 g/mol. The fourth-order valence-electron chi connectivity index (χ4n) is 1.47. The molecule has 0 radical (unpaired) electrons. The van der Waals surface area contributed by atoms with Gasteiger partial charge in [0.05, 0.1) is 33.5 Å². The largest absolute Gasteiger partial charge is 0.497 e. The van der Waals surface area contributed by atoms with Crippen LogP contribution in [0.5, 0.6) is 11.5 Å². The van der Waals surface area contributed by atoms with Crippen LogP contribution in [0.3, 0.4) is 0 Å². The van der Waals surface area contributed by atoms with E-state index in [4.69, 9.17) is 23.7 Å². The molecule has 6 nitrogen and oxygen atoms in total. The molecule has 0 aromatic heterocycles. The molecule has 0 aliphatic rings. The number of ether oxygens (including phenoxy) is 5. The van der Waals surface area contributed by atoms with E-state index in [2.05, 4.69) is 6.58 Å². The van der Waals surface area contributed by atoms with Gasteiger partial charge in [0.2, 0.25) is 0 Å². The molecular formula is C16H22O6. The summed E-state index contributed by atoms with van der Waals surface area (Å²) in [7, 11) is 1.62. The van der Waals surface area contributed by atoms with Crippen molar-refractivity contribution in [2.75, 3.05) is 46.8 Å². The second kappa shape index (κ2) is 11.6. The van der Waals surface area contributed by atoms with Crippen molar-refractivity contribution in [1.29, 1.82) is 0 Å². The van der Waals surface area contributed by atoms with E-state index in [9.17, 15) is 4.79 Å². The first-order chi connectivity index (χ1) is 10.8. The molecule has 0 spiro atoms. The summed E-state index contributed by atoms with van der Waals surface area (Å²) < 4.78 is 25.9. The minimum absolute atomic E-state index is 0.214. The molecule has 0 N–H and O–H groups in total. The van der Waals surface area contributed by atoms with E-state index in [-0.39, 0.29) is 6.61 Å². The highest BCUT2D eigenvalue weighted by molar-refractivity contribution is 5.81. The van der Waals surface area contributed by atoms with Crippen LogP contribution in [0.15, 0.2) is 36.9 Å². The lowest BCUT2D eigenvalue weighted by Gasteiger charge is -2.08. The number of carbonyl (C=O) groups excluding carboxylic acids is 1. The first-order valence-corrected chi connectivity index (χ1v) is 6.98. The second-order valence-electron chi connectivity index (χ2n) is 4.12. The lowest BCUT2D eigenvalue weighted by atomic mass is 10.3. The quantitative estimate of drug-likeness (QED) is 0.333. The smallest absolute Gasteiger partial charge is 0.330 e. The standard InChI is InChI=1S/C16H22O6/c1-3-16(17)22-13-11-20-9-8-19-10-12-21-15-6-4-14(18-2)5-7-15/h3-7H,1,8-13H2,2H3. The van der Waals surface area contributed by atoms with Crippen LogP contribution in [0.25, 0.3) is 0 Å². The summed E-state index contributed by atoms with van der Waals surface area (Å²) in [6.45, 7) is 5.68. The van der Waals surface area contributed by atoms with E-state index in [1.165, 1.54) is 0 Å². The van der Waals surface area contributed by atoms with Gasteiger partial charge in [-0.05, 0) is 24.3 Å². The topological polar surface area (TPSA) is 63.2 Å². The number of carbonyl (C=O) groups is 1. The van der Waals surface area contributed by atoms with E-state index in [0.29, 0.717) is 33.0 Å². The number of benzene rings is 1. The first kappa shape index (κ1) is 18.0. The third-order valence-corrected chi connectivity index (χ3v) is 2.57. The molecule has 0 bridgehead atoms. The van der Waals surface area contributed by atoms with Gasteiger partial charge in [-0.15, -0.1) is 0 Å². The van der Waals surface area contributed by atoms with Gasteiger partial charge < -0.3 is 23.7 Å². The van der Waals surface area contributed by atoms with Gasteiger partial charge >= 0.3 is 5.97 Å². The Bertz CT molecular complexity index is 429. The van der Waals surface area contributed by atoms with Crippen LogP contribution in [-0.2, 0) is 19.0 Å². The predicted molar refractivity (Wildman–Crippen MR) is 81.3 cm³/mol. The molecule has 0 fully saturated rings. The predicted octanol–water partition coefficient (Wildman–Crippen LogP) is 1.84. The maximum Gasteiger partial charge on any atom is 0.330 e. The number of esters is 1. The van der Waals surface area contributed by atoms with E-state index in [1.807, 2.05) is 24.3 Å². The molecule has 0 aliphatic heterocycles. The Morgan fingerprint density at radius 3 is 2.09 bits per heavy atom. The fourth-order valence-corrected chi connectivity index (χ4v) is 1.47. The molecule has 0 unspecified atom stereocenters. The third-order valence-electron chi connectivity index (χ3n) is 2.57. The van der Waals surface area contributed by atoms with Gasteiger partial charge in [0.25, 0.3) is 0 Å². The van der Waals surface area contributed by atoms with Crippen molar-refractivity contribution < 1.29 is 28.5 Å². The molecule has 0 atom stereocenters. The Labute approximate surface area is 130 Å². The molecule has 0 amide bonds. The zero-order chi connectivity index (χ0) is 16.0. The van der Waals surface area contributed by atoms with Crippen molar-refractivity contribution in [3.8, 4) is 11.5 Å². The molecule has 1 aromatic rings. The zero-order valence-electron chi connectivity index (χ0n) is 12.8. The second-order valence-corrected chi connectivity index (χ2v) is 4.12. The van der Waals surface area contributed by atoms with Crippen LogP contribution in [-0.4, -0.2) is 52.7 Å². The summed E-state index contributed by atoms with van der Waals surface area (Å²) in [6.07, 6.45) is 1.12. The minimum atomic E-state index is -0.449. The molecule has 22 heavy (non-hydrogen) atoms. The Kier molecular flexibility index (Phi) is 9.48. The van der Waals surface area contributed by atoms with Crippen LogP contribution in [0, 0.1) is 0 Å². The lowest BCUT2D eigenvalue weighted by molar-refractivity contribution is -0.139. The van der Waals surface area contributed by atoms with Crippen LogP contribution in [0.4, 0.5) is 0 Å². The number of methoxy groups -OCH3 is 1. The third kappa shape index (κ3) is 8.28. The molecule has 0 heterocycles. The van der Waals surface area contributed by atoms with Crippen LogP contribution < -0.4 is 9.47 Å². The van der Waals surface area contributed by atoms with Crippen molar-refractivity contribution in [2.24, 2.45) is 0 Å². The summed E-state index contributed by atoms with van der Waals surface area (Å²) in [5.41, 5.74) is 0. The van der Waals surface area contributed by atoms with Gasteiger partial charge in [0.1, 0.15) is 24.7 Å². The minimum Gasteiger partial charge on any atom is -0.497 e. The molecule has 0 saturated heterocycles. The molecule has 0 saturated carbocycles. The molecule has 1 aromatic carbocycles. The first-order valence-electron chi connectivity index (χ1n) is 6.98. The number of rotatable bonds is 12. The van der Waals surface area contributed by atoms with Gasteiger partial charge in [0, 0.05) is 6.08 Å². The Morgan fingerprint density at radius 1 is 0.955 bits per heavy atom. The van der Waals surface area contributed by atoms with Crippen LogP contribution in [0.2, 0.25) is 0 Å². The lowest BCUT2D eigenvalue weighted by Crippen LogP contribution is -2.13. The van der Waals surface area contributed by atoms with Crippen molar-refractivity contribution in [1.82, 2.24) is 0 Å². The SMILES string of the molecule is C=CC(=O)OCCOCCOCCOc1ccc(OC)cc1. The van der Waals surface area contributed by atoms with Gasteiger partial charge in [-0.3, -0.25) is 0 Å². The zero-order valence-corrected chi connectivity index (χ0v) is 12.8. The van der Waals surface area contributed by atoms with E-state index in [1.54, 1.807) is 7.11 Å². The summed E-state index contributed by atoms with van der Waals surface area (Å²) in [5.74, 6) is 1.11. The van der Waals surface area contributed by atoms with E-state index >= 15 is 0 Å². The fraction of sp³-hybridized carbons (Fsp3) is 0.438. The van der Waals surface area contributed by atoms with Gasteiger partial charge in [-0.25, -0.2) is 4.79 Å². The van der Waals surface area contributed by atoms with Gasteiger partial charge in [-0.1, -0.05) is 6.58 Å². The van der Waals surface area contributed by atoms with Crippen molar-refractivity contribution in [3.63, 3.8) is 0 Å². The molecule has 0 aliphatic carbocycles. The Hall–Kier alpha value is -2.05. The van der Waals surface area contributed by atoms with Gasteiger partial charge in [0.15, 0.2) is 0 Å². The monoisotopic (exact) mass is 310 g/mol. The maximum absolute atomic E-state index is 10.7. The van der Waals surface area contributed by atoms with Crippen LogP contribution >= 0.6 is 0 Å². The Morgan fingerprint density at radius 2 is 1.50 bits per heavy atom. The highest BCUT2D eigenvalue weighted by atomic mass is 16.6. The highest BCUT2D eigenvalue weighted by Gasteiger charge is 1.97. The molecule has 1 rings (SSSR count). The normalized spacial score (nSPS) is 10.0. The van der Waals surface area contributed by atoms with Crippen molar-refractivity contribution in [2.45, 2.75) is 0 Å². The summed E-state index contributed by atoms with van der Waals surface area (Å²) in [6, 6.07) is 7.35. The number of hydrogen-bond donors (Lipinski definition) is 0. The number of hydrogen-bond acceptors (Lipinski definition) is 6. The van der Waals surface area contributed by atoms with E-state index < -0.39 is 5.97 Å². The molecular weight excluding hydrogens is 288 g/mol. The van der Waals surface area contributed by atoms with Crippen LogP contribution in [0.1, 0.15) is 0 Å². The van der Waals surface area contributed by atoms with E-state index in [0.717, 1.165) is 17.6 Å². The summed E-state index contributed by atoms with van der Waals surface area (Å²) >= 11 is 0. The summed E-state index contributed by atoms with van der Waals surface area (Å²) in [5, 5.41) is 0. The average Bonchev–Trinajstić information content (AvgIpc) is 2.56. The highest BCUT2D eigenvalue weighted by Crippen LogP contribution is 2.16. The molecule has 122 valence electrons. The Balaban J connectivity index is 1.91. The maximum atomic E-state index is 10.7. The molecule has 6 heteroatoms.